The van der Waals surface area contributed by atoms with E-state index < -0.39 is 0 Å². The van der Waals surface area contributed by atoms with Crippen LogP contribution in [0, 0.1) is 11.8 Å². The van der Waals surface area contributed by atoms with Gasteiger partial charge in [-0.3, -0.25) is 4.98 Å². The Hall–Kier alpha value is -1.83. The van der Waals surface area contributed by atoms with E-state index in [9.17, 15) is 0 Å². The summed E-state index contributed by atoms with van der Waals surface area (Å²) in [5.74, 6) is 2.80. The highest BCUT2D eigenvalue weighted by Gasteiger charge is 2.20. The lowest BCUT2D eigenvalue weighted by Crippen LogP contribution is -2.15. The Balaban J connectivity index is 1.47. The van der Waals surface area contributed by atoms with Crippen molar-refractivity contribution < 1.29 is 4.74 Å². The number of pyridine rings is 1. The topological polar surface area (TPSA) is 22.1 Å². The molecule has 3 rings (SSSR count). The first-order valence-corrected chi connectivity index (χ1v) is 11.0. The number of aryl methyl sites for hydroxylation is 1. The number of benzene rings is 1. The highest BCUT2D eigenvalue weighted by atomic mass is 16.5. The standard InChI is InChI=1S/C25H35NO/c1-3-5-20-6-8-21(9-7-20)10-11-22-12-14-23(15-13-22)25-17-16-24(19-26-25)27-18-4-2/h12-17,19-21H,3-11,18H2,1-2H3/t20-,21-. The smallest absolute Gasteiger partial charge is 0.137 e. The maximum Gasteiger partial charge on any atom is 0.137 e. The van der Waals surface area contributed by atoms with Crippen LogP contribution >= 0.6 is 0 Å². The molecule has 27 heavy (non-hydrogen) atoms. The van der Waals surface area contributed by atoms with E-state index in [2.05, 4.69) is 49.2 Å². The van der Waals surface area contributed by atoms with Gasteiger partial charge in [0, 0.05) is 5.56 Å². The lowest BCUT2D eigenvalue weighted by Gasteiger charge is -2.28. The fourth-order valence-electron chi connectivity index (χ4n) is 4.29. The second-order valence-corrected chi connectivity index (χ2v) is 8.14. The fourth-order valence-corrected chi connectivity index (χ4v) is 4.29. The molecule has 2 nitrogen and oxygen atoms in total. The Kier molecular flexibility index (Phi) is 7.74. The average molecular weight is 366 g/mol. The molecule has 0 saturated heterocycles. The summed E-state index contributed by atoms with van der Waals surface area (Å²) in [6.07, 6.45) is 14.0. The van der Waals surface area contributed by atoms with Crippen molar-refractivity contribution in [3.8, 4) is 17.0 Å². The van der Waals surface area contributed by atoms with Gasteiger partial charge >= 0.3 is 0 Å². The minimum atomic E-state index is 0.746. The van der Waals surface area contributed by atoms with Crippen LogP contribution in [0.3, 0.4) is 0 Å². The summed E-state index contributed by atoms with van der Waals surface area (Å²) in [6, 6.07) is 13.0. The SMILES string of the molecule is CCCOc1ccc(-c2ccc(CC[C@H]3CC[C@H](CCC)CC3)cc2)nc1. The lowest BCUT2D eigenvalue weighted by atomic mass is 9.78. The number of rotatable bonds is 9. The van der Waals surface area contributed by atoms with Crippen molar-refractivity contribution in [2.75, 3.05) is 6.61 Å². The van der Waals surface area contributed by atoms with E-state index in [1.54, 1.807) is 0 Å². The molecule has 0 radical (unpaired) electrons. The van der Waals surface area contributed by atoms with Gasteiger partial charge in [0.2, 0.25) is 0 Å². The van der Waals surface area contributed by atoms with E-state index in [4.69, 9.17) is 4.74 Å². The molecular formula is C25H35NO. The first-order chi connectivity index (χ1) is 13.3. The number of aromatic nitrogens is 1. The zero-order chi connectivity index (χ0) is 18.9. The van der Waals surface area contributed by atoms with Crippen molar-refractivity contribution >= 4 is 0 Å². The van der Waals surface area contributed by atoms with Crippen LogP contribution in [0.25, 0.3) is 11.3 Å². The molecule has 1 aliphatic carbocycles. The van der Waals surface area contributed by atoms with E-state index in [0.717, 1.165) is 36.3 Å². The van der Waals surface area contributed by atoms with Gasteiger partial charge in [0.1, 0.15) is 5.75 Å². The van der Waals surface area contributed by atoms with Crippen LogP contribution in [0.15, 0.2) is 42.6 Å². The van der Waals surface area contributed by atoms with Gasteiger partial charge in [-0.05, 0) is 48.8 Å². The molecule has 0 amide bonds. The summed E-state index contributed by atoms with van der Waals surface area (Å²) in [4.78, 5) is 4.55. The van der Waals surface area contributed by atoms with Crippen molar-refractivity contribution in [2.24, 2.45) is 11.8 Å². The summed E-state index contributed by atoms with van der Waals surface area (Å²) >= 11 is 0. The predicted octanol–water partition coefficient (Wildman–Crippen LogP) is 7.08. The molecular weight excluding hydrogens is 330 g/mol. The van der Waals surface area contributed by atoms with E-state index in [-0.39, 0.29) is 0 Å². The Morgan fingerprint density at radius 2 is 1.56 bits per heavy atom. The molecule has 1 aromatic carbocycles. The summed E-state index contributed by atoms with van der Waals surface area (Å²) in [6.45, 7) is 5.18. The van der Waals surface area contributed by atoms with Crippen LogP contribution in [0.5, 0.6) is 5.75 Å². The molecule has 2 heteroatoms. The largest absolute Gasteiger partial charge is 0.492 e. The third-order valence-corrected chi connectivity index (χ3v) is 5.96. The van der Waals surface area contributed by atoms with Gasteiger partial charge in [0.05, 0.1) is 18.5 Å². The minimum Gasteiger partial charge on any atom is -0.492 e. The maximum absolute atomic E-state index is 5.61. The number of hydrogen-bond acceptors (Lipinski definition) is 2. The van der Waals surface area contributed by atoms with Crippen molar-refractivity contribution in [2.45, 2.75) is 71.6 Å². The van der Waals surface area contributed by atoms with Gasteiger partial charge in [0.15, 0.2) is 0 Å². The molecule has 0 aliphatic heterocycles. The van der Waals surface area contributed by atoms with E-state index in [0.29, 0.717) is 0 Å². The molecule has 0 bridgehead atoms. The van der Waals surface area contributed by atoms with Gasteiger partial charge in [-0.1, -0.05) is 76.6 Å². The molecule has 1 aromatic heterocycles. The van der Waals surface area contributed by atoms with Crippen LogP contribution in [-0.4, -0.2) is 11.6 Å². The van der Waals surface area contributed by atoms with Gasteiger partial charge in [0.25, 0.3) is 0 Å². The molecule has 0 N–H and O–H groups in total. The van der Waals surface area contributed by atoms with Gasteiger partial charge in [-0.15, -0.1) is 0 Å². The van der Waals surface area contributed by atoms with Gasteiger partial charge < -0.3 is 4.74 Å². The molecule has 146 valence electrons. The Bertz CT molecular complexity index is 654. The quantitative estimate of drug-likeness (QED) is 0.474. The summed E-state index contributed by atoms with van der Waals surface area (Å²) in [5, 5.41) is 0. The van der Waals surface area contributed by atoms with Crippen LogP contribution in [0.2, 0.25) is 0 Å². The highest BCUT2D eigenvalue weighted by Crippen LogP contribution is 2.34. The normalized spacial score (nSPS) is 19.8. The van der Waals surface area contributed by atoms with E-state index in [1.165, 1.54) is 62.5 Å². The number of ether oxygens (including phenoxy) is 1. The van der Waals surface area contributed by atoms with Crippen LogP contribution in [0.1, 0.15) is 70.8 Å². The fraction of sp³-hybridized carbons (Fsp3) is 0.560. The minimum absolute atomic E-state index is 0.746. The molecule has 1 heterocycles. The van der Waals surface area contributed by atoms with Crippen LogP contribution < -0.4 is 4.74 Å². The van der Waals surface area contributed by atoms with Crippen molar-refractivity contribution in [3.63, 3.8) is 0 Å². The Labute approximate surface area is 165 Å². The molecule has 0 atom stereocenters. The number of hydrogen-bond donors (Lipinski definition) is 0. The predicted molar refractivity (Wildman–Crippen MR) is 114 cm³/mol. The van der Waals surface area contributed by atoms with Crippen molar-refractivity contribution in [1.29, 1.82) is 0 Å². The molecule has 0 spiro atoms. The van der Waals surface area contributed by atoms with E-state index in [1.807, 2.05) is 12.3 Å². The Morgan fingerprint density at radius 1 is 0.852 bits per heavy atom. The third kappa shape index (κ3) is 6.09. The molecule has 1 saturated carbocycles. The first kappa shape index (κ1) is 19.9. The van der Waals surface area contributed by atoms with Crippen molar-refractivity contribution in [1.82, 2.24) is 4.98 Å². The van der Waals surface area contributed by atoms with Crippen LogP contribution in [0.4, 0.5) is 0 Å². The molecule has 1 fully saturated rings. The van der Waals surface area contributed by atoms with E-state index >= 15 is 0 Å². The second-order valence-electron chi connectivity index (χ2n) is 8.14. The first-order valence-electron chi connectivity index (χ1n) is 11.0. The van der Waals surface area contributed by atoms with Gasteiger partial charge in [-0.2, -0.15) is 0 Å². The molecule has 0 unspecified atom stereocenters. The molecule has 2 aromatic rings. The van der Waals surface area contributed by atoms with Crippen LogP contribution in [-0.2, 0) is 6.42 Å². The maximum atomic E-state index is 5.61. The zero-order valence-electron chi connectivity index (χ0n) is 17.1. The van der Waals surface area contributed by atoms with Crippen molar-refractivity contribution in [3.05, 3.63) is 48.2 Å². The monoisotopic (exact) mass is 365 g/mol. The zero-order valence-corrected chi connectivity index (χ0v) is 17.1. The molecule has 1 aliphatic rings. The Morgan fingerprint density at radius 3 is 2.15 bits per heavy atom. The highest BCUT2D eigenvalue weighted by molar-refractivity contribution is 5.59. The summed E-state index contributed by atoms with van der Waals surface area (Å²) in [5.41, 5.74) is 3.65. The lowest BCUT2D eigenvalue weighted by molar-refractivity contribution is 0.252. The third-order valence-electron chi connectivity index (χ3n) is 5.96. The summed E-state index contributed by atoms with van der Waals surface area (Å²) < 4.78 is 5.61. The second kappa shape index (κ2) is 10.5. The average Bonchev–Trinajstić information content (AvgIpc) is 2.73. The number of nitrogens with zero attached hydrogens (tertiary/aromatic N) is 1. The summed E-state index contributed by atoms with van der Waals surface area (Å²) in [7, 11) is 0. The van der Waals surface area contributed by atoms with Gasteiger partial charge in [-0.25, -0.2) is 0 Å².